The molecule has 1 N–H and O–H groups in total. The second-order valence-corrected chi connectivity index (χ2v) is 4.93. The van der Waals surface area contributed by atoms with Gasteiger partial charge in [-0.3, -0.25) is 0 Å². The third-order valence-corrected chi connectivity index (χ3v) is 3.87. The van der Waals surface area contributed by atoms with Crippen molar-refractivity contribution >= 4 is 0 Å². The molecule has 0 aromatic heterocycles. The second kappa shape index (κ2) is 5.83. The fraction of sp³-hybridized carbons (Fsp3) is 1.00. The van der Waals surface area contributed by atoms with Crippen LogP contribution in [0.4, 0.5) is 0 Å². The van der Waals surface area contributed by atoms with E-state index in [1.807, 2.05) is 7.11 Å². The van der Waals surface area contributed by atoms with Crippen molar-refractivity contribution in [2.75, 3.05) is 39.8 Å². The number of piperidine rings is 1. The smallest absolute Gasteiger partial charge is 0.0710 e. The van der Waals surface area contributed by atoms with Crippen molar-refractivity contribution in [3.63, 3.8) is 0 Å². The summed E-state index contributed by atoms with van der Waals surface area (Å²) in [6, 6.07) is 0. The first kappa shape index (κ1) is 11.4. The normalized spacial score (nSPS) is 29.8. The summed E-state index contributed by atoms with van der Waals surface area (Å²) in [6.45, 7) is 6.13. The third kappa shape index (κ3) is 3.44. The fourth-order valence-corrected chi connectivity index (χ4v) is 2.73. The molecular formula is C12H24N2O. The Kier molecular flexibility index (Phi) is 4.42. The standard InChI is InChI=1S/C12H24N2O/c1-15-12-5-9-14(10-12)8-4-11-2-6-13-7-3-11/h11-13H,2-10H2,1H3/t12-/m0/s1. The van der Waals surface area contributed by atoms with Crippen molar-refractivity contribution in [1.29, 1.82) is 0 Å². The minimum atomic E-state index is 0.498. The Labute approximate surface area is 93.2 Å². The SMILES string of the molecule is CO[C@H]1CCN(CCC2CCNCC2)C1. The van der Waals surface area contributed by atoms with E-state index in [2.05, 4.69) is 10.2 Å². The summed E-state index contributed by atoms with van der Waals surface area (Å²) >= 11 is 0. The zero-order valence-electron chi connectivity index (χ0n) is 9.87. The molecule has 15 heavy (non-hydrogen) atoms. The van der Waals surface area contributed by atoms with Gasteiger partial charge in [-0.15, -0.1) is 0 Å². The maximum atomic E-state index is 5.38. The van der Waals surface area contributed by atoms with E-state index in [-0.39, 0.29) is 0 Å². The van der Waals surface area contributed by atoms with Gasteiger partial charge in [0.05, 0.1) is 6.10 Å². The molecule has 0 aliphatic carbocycles. The van der Waals surface area contributed by atoms with Crippen LogP contribution in [-0.2, 0) is 4.74 Å². The molecule has 3 nitrogen and oxygen atoms in total. The molecule has 1 atom stereocenters. The van der Waals surface area contributed by atoms with Gasteiger partial charge in [-0.1, -0.05) is 0 Å². The molecule has 0 aromatic rings. The fourth-order valence-electron chi connectivity index (χ4n) is 2.73. The molecule has 2 aliphatic rings. The predicted octanol–water partition coefficient (Wildman–Crippen LogP) is 1.10. The van der Waals surface area contributed by atoms with Gasteiger partial charge in [-0.25, -0.2) is 0 Å². The lowest BCUT2D eigenvalue weighted by atomic mass is 9.94. The first-order valence-corrected chi connectivity index (χ1v) is 6.34. The van der Waals surface area contributed by atoms with Gasteiger partial charge in [-0.2, -0.15) is 0 Å². The Morgan fingerprint density at radius 3 is 2.73 bits per heavy atom. The summed E-state index contributed by atoms with van der Waals surface area (Å²) < 4.78 is 5.38. The van der Waals surface area contributed by atoms with Crippen LogP contribution in [0.5, 0.6) is 0 Å². The van der Waals surface area contributed by atoms with Gasteiger partial charge < -0.3 is 15.0 Å². The molecule has 2 rings (SSSR count). The summed E-state index contributed by atoms with van der Waals surface area (Å²) in [4.78, 5) is 2.57. The summed E-state index contributed by atoms with van der Waals surface area (Å²) in [5.41, 5.74) is 0. The third-order valence-electron chi connectivity index (χ3n) is 3.87. The van der Waals surface area contributed by atoms with E-state index in [1.54, 1.807) is 0 Å². The first-order valence-electron chi connectivity index (χ1n) is 6.34. The quantitative estimate of drug-likeness (QED) is 0.755. The monoisotopic (exact) mass is 212 g/mol. The topological polar surface area (TPSA) is 24.5 Å². The Morgan fingerprint density at radius 1 is 1.27 bits per heavy atom. The van der Waals surface area contributed by atoms with Crippen LogP contribution < -0.4 is 5.32 Å². The average Bonchev–Trinajstić information content (AvgIpc) is 2.76. The number of hydrogen-bond donors (Lipinski definition) is 1. The highest BCUT2D eigenvalue weighted by molar-refractivity contribution is 4.77. The molecule has 0 radical (unpaired) electrons. The molecule has 3 heteroatoms. The number of likely N-dealkylation sites (tertiary alicyclic amines) is 1. The van der Waals surface area contributed by atoms with E-state index in [1.165, 1.54) is 51.9 Å². The molecule has 2 heterocycles. The van der Waals surface area contributed by atoms with E-state index < -0.39 is 0 Å². The molecule has 0 bridgehead atoms. The van der Waals surface area contributed by atoms with Gasteiger partial charge in [0.1, 0.15) is 0 Å². The van der Waals surface area contributed by atoms with Crippen molar-refractivity contribution in [3.05, 3.63) is 0 Å². The van der Waals surface area contributed by atoms with Crippen LogP contribution in [-0.4, -0.2) is 50.8 Å². The summed E-state index contributed by atoms with van der Waals surface area (Å²) in [6.07, 6.45) is 5.86. The molecule has 0 unspecified atom stereocenters. The van der Waals surface area contributed by atoms with Crippen LogP contribution in [0.1, 0.15) is 25.7 Å². The molecule has 0 saturated carbocycles. The second-order valence-electron chi connectivity index (χ2n) is 4.93. The molecule has 88 valence electrons. The summed E-state index contributed by atoms with van der Waals surface area (Å²) in [5.74, 6) is 0.966. The highest BCUT2D eigenvalue weighted by Gasteiger charge is 2.22. The molecule has 2 saturated heterocycles. The molecule has 2 aliphatic heterocycles. The highest BCUT2D eigenvalue weighted by atomic mass is 16.5. The minimum Gasteiger partial charge on any atom is -0.380 e. The van der Waals surface area contributed by atoms with Gasteiger partial charge in [0.25, 0.3) is 0 Å². The molecule has 0 aromatic carbocycles. The molecule has 0 spiro atoms. The van der Waals surface area contributed by atoms with E-state index in [4.69, 9.17) is 4.74 Å². The number of methoxy groups -OCH3 is 1. The maximum Gasteiger partial charge on any atom is 0.0710 e. The lowest BCUT2D eigenvalue weighted by molar-refractivity contribution is 0.107. The van der Waals surface area contributed by atoms with Crippen molar-refractivity contribution in [1.82, 2.24) is 10.2 Å². The Balaban J connectivity index is 1.61. The van der Waals surface area contributed by atoms with Gasteiger partial charge in [0.15, 0.2) is 0 Å². The Morgan fingerprint density at radius 2 is 2.07 bits per heavy atom. The van der Waals surface area contributed by atoms with Crippen molar-refractivity contribution in [2.45, 2.75) is 31.8 Å². The van der Waals surface area contributed by atoms with Crippen molar-refractivity contribution in [2.24, 2.45) is 5.92 Å². The zero-order valence-corrected chi connectivity index (χ0v) is 9.87. The Hall–Kier alpha value is -0.120. The lowest BCUT2D eigenvalue weighted by Crippen LogP contribution is -2.31. The van der Waals surface area contributed by atoms with E-state index in [0.29, 0.717) is 6.10 Å². The molecular weight excluding hydrogens is 188 g/mol. The number of ether oxygens (including phenoxy) is 1. The van der Waals surface area contributed by atoms with Crippen LogP contribution in [0.2, 0.25) is 0 Å². The molecule has 0 amide bonds. The number of hydrogen-bond acceptors (Lipinski definition) is 3. The minimum absolute atomic E-state index is 0.498. The highest BCUT2D eigenvalue weighted by Crippen LogP contribution is 2.18. The van der Waals surface area contributed by atoms with Crippen LogP contribution in [0.15, 0.2) is 0 Å². The van der Waals surface area contributed by atoms with E-state index in [9.17, 15) is 0 Å². The predicted molar refractivity (Wildman–Crippen MR) is 62.1 cm³/mol. The maximum absolute atomic E-state index is 5.38. The molecule has 2 fully saturated rings. The number of rotatable bonds is 4. The van der Waals surface area contributed by atoms with Crippen LogP contribution in [0.25, 0.3) is 0 Å². The van der Waals surface area contributed by atoms with Crippen LogP contribution in [0.3, 0.4) is 0 Å². The lowest BCUT2D eigenvalue weighted by Gasteiger charge is -2.25. The summed E-state index contributed by atoms with van der Waals surface area (Å²) in [7, 11) is 1.83. The van der Waals surface area contributed by atoms with Gasteiger partial charge in [0, 0.05) is 20.2 Å². The number of nitrogens with one attached hydrogen (secondary N) is 1. The van der Waals surface area contributed by atoms with Gasteiger partial charge >= 0.3 is 0 Å². The van der Waals surface area contributed by atoms with Crippen molar-refractivity contribution in [3.8, 4) is 0 Å². The first-order chi connectivity index (χ1) is 7.38. The summed E-state index contributed by atoms with van der Waals surface area (Å²) in [5, 5.41) is 3.43. The Bertz CT molecular complexity index is 180. The van der Waals surface area contributed by atoms with E-state index >= 15 is 0 Å². The van der Waals surface area contributed by atoms with E-state index in [0.717, 1.165) is 12.5 Å². The van der Waals surface area contributed by atoms with Crippen LogP contribution >= 0.6 is 0 Å². The number of nitrogens with zero attached hydrogens (tertiary/aromatic N) is 1. The van der Waals surface area contributed by atoms with Crippen molar-refractivity contribution < 1.29 is 4.74 Å². The average molecular weight is 212 g/mol. The largest absolute Gasteiger partial charge is 0.380 e. The van der Waals surface area contributed by atoms with Crippen LogP contribution in [0, 0.1) is 5.92 Å². The zero-order chi connectivity index (χ0) is 10.5. The van der Waals surface area contributed by atoms with Gasteiger partial charge in [0.2, 0.25) is 0 Å². The van der Waals surface area contributed by atoms with Gasteiger partial charge in [-0.05, 0) is 51.2 Å².